The first-order valence-corrected chi connectivity index (χ1v) is 8.64. The first kappa shape index (κ1) is 17.4. The molecular weight excluding hydrogens is 355 g/mol. The van der Waals surface area contributed by atoms with Crippen LogP contribution in [-0.2, 0) is 6.18 Å². The van der Waals surface area contributed by atoms with E-state index in [0.29, 0.717) is 17.2 Å². The SMILES string of the molecule is FC(F)(F)c1cccc(-c2cnc(N3CCN(c4ccccn4)CC3)[nH]2)c1. The largest absolute Gasteiger partial charge is 0.416 e. The molecule has 0 atom stereocenters. The number of alkyl halides is 3. The van der Waals surface area contributed by atoms with Gasteiger partial charge in [-0.25, -0.2) is 9.97 Å². The lowest BCUT2D eigenvalue weighted by molar-refractivity contribution is -0.137. The van der Waals surface area contributed by atoms with Crippen LogP contribution >= 0.6 is 0 Å². The molecule has 1 saturated heterocycles. The van der Waals surface area contributed by atoms with Gasteiger partial charge in [0.15, 0.2) is 0 Å². The summed E-state index contributed by atoms with van der Waals surface area (Å²) in [4.78, 5) is 16.2. The van der Waals surface area contributed by atoms with Crippen LogP contribution in [0.5, 0.6) is 0 Å². The van der Waals surface area contributed by atoms with Crippen LogP contribution in [0.15, 0.2) is 54.9 Å². The van der Waals surface area contributed by atoms with Crippen LogP contribution in [0.4, 0.5) is 24.9 Å². The van der Waals surface area contributed by atoms with E-state index in [1.807, 2.05) is 18.2 Å². The lowest BCUT2D eigenvalue weighted by Crippen LogP contribution is -2.47. The molecule has 0 saturated carbocycles. The summed E-state index contributed by atoms with van der Waals surface area (Å²) in [5, 5.41) is 0. The summed E-state index contributed by atoms with van der Waals surface area (Å²) in [6, 6.07) is 11.1. The molecule has 1 N–H and O–H groups in total. The average Bonchev–Trinajstić information content (AvgIpc) is 3.19. The van der Waals surface area contributed by atoms with Crippen molar-refractivity contribution in [3.05, 3.63) is 60.4 Å². The van der Waals surface area contributed by atoms with Crippen LogP contribution in [0.1, 0.15) is 5.56 Å². The van der Waals surface area contributed by atoms with Crippen LogP contribution in [-0.4, -0.2) is 41.1 Å². The van der Waals surface area contributed by atoms with Crippen molar-refractivity contribution in [1.82, 2.24) is 15.0 Å². The van der Waals surface area contributed by atoms with Gasteiger partial charge in [0.1, 0.15) is 5.82 Å². The van der Waals surface area contributed by atoms with E-state index in [2.05, 4.69) is 24.8 Å². The fourth-order valence-corrected chi connectivity index (χ4v) is 3.17. The van der Waals surface area contributed by atoms with Gasteiger partial charge in [0.2, 0.25) is 5.95 Å². The molecule has 8 heteroatoms. The zero-order valence-electron chi connectivity index (χ0n) is 14.4. The summed E-state index contributed by atoms with van der Waals surface area (Å²) in [6.45, 7) is 3.12. The van der Waals surface area contributed by atoms with E-state index in [0.717, 1.165) is 44.1 Å². The predicted molar refractivity (Wildman–Crippen MR) is 97.7 cm³/mol. The highest BCUT2D eigenvalue weighted by Crippen LogP contribution is 2.32. The normalized spacial score (nSPS) is 15.2. The molecule has 3 aromatic rings. The van der Waals surface area contributed by atoms with E-state index in [4.69, 9.17) is 0 Å². The molecular formula is C19H18F3N5. The predicted octanol–water partition coefficient (Wildman–Crippen LogP) is 3.82. The summed E-state index contributed by atoms with van der Waals surface area (Å²) >= 11 is 0. The molecule has 1 aliphatic heterocycles. The molecule has 1 aromatic carbocycles. The molecule has 5 nitrogen and oxygen atoms in total. The third kappa shape index (κ3) is 3.74. The Balaban J connectivity index is 1.46. The third-order valence-electron chi connectivity index (χ3n) is 4.62. The number of halogens is 3. The standard InChI is InChI=1S/C19H18F3N5/c20-19(21,22)15-5-3-4-14(12-15)16-13-24-18(25-16)27-10-8-26(9-11-27)17-6-1-2-7-23-17/h1-7,12-13H,8-11H2,(H,24,25). The zero-order chi connectivity index (χ0) is 18.9. The summed E-state index contributed by atoms with van der Waals surface area (Å²) in [7, 11) is 0. The number of nitrogens with zero attached hydrogens (tertiary/aromatic N) is 4. The van der Waals surface area contributed by atoms with Gasteiger partial charge >= 0.3 is 6.18 Å². The van der Waals surface area contributed by atoms with Crippen molar-refractivity contribution >= 4 is 11.8 Å². The second-order valence-electron chi connectivity index (χ2n) is 6.36. The summed E-state index contributed by atoms with van der Waals surface area (Å²) < 4.78 is 38.7. The number of nitrogens with one attached hydrogen (secondary N) is 1. The van der Waals surface area contributed by atoms with E-state index >= 15 is 0 Å². The molecule has 1 aliphatic rings. The molecule has 27 heavy (non-hydrogen) atoms. The second-order valence-corrected chi connectivity index (χ2v) is 6.36. The molecule has 1 fully saturated rings. The number of piperazine rings is 1. The Bertz CT molecular complexity index is 899. The molecule has 0 amide bonds. The lowest BCUT2D eigenvalue weighted by Gasteiger charge is -2.35. The van der Waals surface area contributed by atoms with Crippen molar-refractivity contribution in [2.75, 3.05) is 36.0 Å². The van der Waals surface area contributed by atoms with Gasteiger partial charge in [-0.2, -0.15) is 13.2 Å². The quantitative estimate of drug-likeness (QED) is 0.758. The molecule has 0 radical (unpaired) electrons. The van der Waals surface area contributed by atoms with Crippen molar-refractivity contribution in [2.45, 2.75) is 6.18 Å². The van der Waals surface area contributed by atoms with Crippen LogP contribution < -0.4 is 9.80 Å². The summed E-state index contributed by atoms with van der Waals surface area (Å²) in [6.07, 6.45) is -1.01. The van der Waals surface area contributed by atoms with E-state index in [1.54, 1.807) is 18.5 Å². The first-order chi connectivity index (χ1) is 13.0. The van der Waals surface area contributed by atoms with E-state index < -0.39 is 11.7 Å². The Hall–Kier alpha value is -3.03. The molecule has 2 aromatic heterocycles. The Labute approximate surface area is 154 Å². The molecule has 3 heterocycles. The Morgan fingerprint density at radius 2 is 1.67 bits per heavy atom. The van der Waals surface area contributed by atoms with Crippen molar-refractivity contribution in [1.29, 1.82) is 0 Å². The second kappa shape index (κ2) is 6.94. The number of aromatic nitrogens is 3. The number of benzene rings is 1. The summed E-state index contributed by atoms with van der Waals surface area (Å²) in [5.41, 5.74) is 0.374. The molecule has 0 unspecified atom stereocenters. The number of pyridine rings is 1. The highest BCUT2D eigenvalue weighted by molar-refractivity contribution is 5.62. The summed E-state index contributed by atoms with van der Waals surface area (Å²) in [5.74, 6) is 1.62. The van der Waals surface area contributed by atoms with Crippen LogP contribution in [0, 0.1) is 0 Å². The van der Waals surface area contributed by atoms with Gasteiger partial charge in [0.25, 0.3) is 0 Å². The fourth-order valence-electron chi connectivity index (χ4n) is 3.17. The van der Waals surface area contributed by atoms with Crippen molar-refractivity contribution in [3.8, 4) is 11.3 Å². The minimum Gasteiger partial charge on any atom is -0.353 e. The number of hydrogen-bond acceptors (Lipinski definition) is 4. The van der Waals surface area contributed by atoms with Crippen LogP contribution in [0.25, 0.3) is 11.3 Å². The van der Waals surface area contributed by atoms with E-state index in [9.17, 15) is 13.2 Å². The fraction of sp³-hybridized carbons (Fsp3) is 0.263. The van der Waals surface area contributed by atoms with Crippen molar-refractivity contribution in [2.24, 2.45) is 0 Å². The zero-order valence-corrected chi connectivity index (χ0v) is 14.4. The Morgan fingerprint density at radius 1 is 0.889 bits per heavy atom. The topological polar surface area (TPSA) is 48.1 Å². The van der Waals surface area contributed by atoms with Gasteiger partial charge in [-0.05, 0) is 24.3 Å². The average molecular weight is 373 g/mol. The maximum absolute atomic E-state index is 12.9. The molecule has 0 aliphatic carbocycles. The van der Waals surface area contributed by atoms with E-state index in [-0.39, 0.29) is 0 Å². The maximum atomic E-state index is 12.9. The van der Waals surface area contributed by atoms with Crippen LogP contribution in [0.2, 0.25) is 0 Å². The van der Waals surface area contributed by atoms with E-state index in [1.165, 1.54) is 6.07 Å². The monoisotopic (exact) mass is 373 g/mol. The minimum atomic E-state index is -4.36. The minimum absolute atomic E-state index is 0.468. The lowest BCUT2D eigenvalue weighted by atomic mass is 10.1. The smallest absolute Gasteiger partial charge is 0.353 e. The maximum Gasteiger partial charge on any atom is 0.416 e. The van der Waals surface area contributed by atoms with Gasteiger partial charge in [-0.1, -0.05) is 18.2 Å². The molecule has 140 valence electrons. The number of hydrogen-bond donors (Lipinski definition) is 1. The van der Waals surface area contributed by atoms with Gasteiger partial charge in [-0.15, -0.1) is 0 Å². The highest BCUT2D eigenvalue weighted by atomic mass is 19.4. The number of imidazole rings is 1. The third-order valence-corrected chi connectivity index (χ3v) is 4.62. The highest BCUT2D eigenvalue weighted by Gasteiger charge is 2.30. The number of rotatable bonds is 3. The van der Waals surface area contributed by atoms with Crippen molar-refractivity contribution < 1.29 is 13.2 Å². The molecule has 0 spiro atoms. The number of H-pyrrole nitrogens is 1. The molecule has 0 bridgehead atoms. The Kier molecular flexibility index (Phi) is 4.47. The first-order valence-electron chi connectivity index (χ1n) is 8.64. The van der Waals surface area contributed by atoms with Gasteiger partial charge < -0.3 is 14.8 Å². The number of aromatic amines is 1. The van der Waals surface area contributed by atoms with Gasteiger partial charge in [0, 0.05) is 37.9 Å². The molecule has 4 rings (SSSR count). The van der Waals surface area contributed by atoms with Gasteiger partial charge in [-0.3, -0.25) is 0 Å². The number of anilines is 2. The van der Waals surface area contributed by atoms with Crippen LogP contribution in [0.3, 0.4) is 0 Å². The van der Waals surface area contributed by atoms with Gasteiger partial charge in [0.05, 0.1) is 17.5 Å². The Morgan fingerprint density at radius 3 is 2.37 bits per heavy atom. The van der Waals surface area contributed by atoms with Crippen molar-refractivity contribution in [3.63, 3.8) is 0 Å².